The second kappa shape index (κ2) is 5.45. The van der Waals surface area contributed by atoms with Crippen molar-refractivity contribution in [3.05, 3.63) is 5.82 Å². The highest BCUT2D eigenvalue weighted by atomic mass is 35.5. The zero-order chi connectivity index (χ0) is 11.4. The van der Waals surface area contributed by atoms with Crippen LogP contribution in [0.3, 0.4) is 0 Å². The first-order valence-electron chi connectivity index (χ1n) is 5.37. The molecule has 0 aliphatic heterocycles. The highest BCUT2D eigenvalue weighted by molar-refractivity contribution is 6.16. The number of rotatable bonds is 5. The lowest BCUT2D eigenvalue weighted by Crippen LogP contribution is -2.23. The summed E-state index contributed by atoms with van der Waals surface area (Å²) in [6.45, 7) is 9.78. The first-order chi connectivity index (χ1) is 7.06. The van der Waals surface area contributed by atoms with Crippen molar-refractivity contribution in [2.24, 2.45) is 17.8 Å². The SMILES string of the molecule is CC(C)C(Cn1nnnc1CCl)C(C)C. The van der Waals surface area contributed by atoms with E-state index in [9.17, 15) is 0 Å². The zero-order valence-electron chi connectivity index (χ0n) is 9.81. The standard InChI is InChI=1S/C10H19ClN4/c1-7(2)9(8(3)4)6-15-10(5-11)12-13-14-15/h7-9H,5-6H2,1-4H3. The van der Waals surface area contributed by atoms with E-state index in [1.165, 1.54) is 0 Å². The molecule has 1 heterocycles. The van der Waals surface area contributed by atoms with Crippen LogP contribution in [0, 0.1) is 17.8 Å². The molecule has 0 radical (unpaired) electrons. The van der Waals surface area contributed by atoms with E-state index in [0.717, 1.165) is 12.4 Å². The molecule has 0 bridgehead atoms. The normalized spacial score (nSPS) is 12.0. The minimum absolute atomic E-state index is 0.371. The van der Waals surface area contributed by atoms with E-state index in [4.69, 9.17) is 11.6 Å². The van der Waals surface area contributed by atoms with Crippen molar-refractivity contribution in [1.29, 1.82) is 0 Å². The van der Waals surface area contributed by atoms with Gasteiger partial charge in [-0.1, -0.05) is 27.7 Å². The number of hydrogen-bond donors (Lipinski definition) is 0. The van der Waals surface area contributed by atoms with E-state index in [1.807, 2.05) is 4.68 Å². The Labute approximate surface area is 96.0 Å². The van der Waals surface area contributed by atoms with Crippen molar-refractivity contribution >= 4 is 11.6 Å². The van der Waals surface area contributed by atoms with Gasteiger partial charge in [-0.15, -0.1) is 16.7 Å². The topological polar surface area (TPSA) is 43.6 Å². The third kappa shape index (κ3) is 3.16. The Hall–Kier alpha value is -0.640. The molecule has 15 heavy (non-hydrogen) atoms. The van der Waals surface area contributed by atoms with Gasteiger partial charge in [-0.25, -0.2) is 4.68 Å². The van der Waals surface area contributed by atoms with Crippen molar-refractivity contribution in [1.82, 2.24) is 20.2 Å². The summed E-state index contributed by atoms with van der Waals surface area (Å²) in [7, 11) is 0. The summed E-state index contributed by atoms with van der Waals surface area (Å²) in [5.74, 6) is 2.95. The van der Waals surface area contributed by atoms with Crippen molar-refractivity contribution in [3.8, 4) is 0 Å². The van der Waals surface area contributed by atoms with Gasteiger partial charge in [0.2, 0.25) is 0 Å². The molecular formula is C10H19ClN4. The van der Waals surface area contributed by atoms with Gasteiger partial charge < -0.3 is 0 Å². The fraction of sp³-hybridized carbons (Fsp3) is 0.900. The molecule has 1 aromatic rings. The van der Waals surface area contributed by atoms with Crippen LogP contribution in [0.1, 0.15) is 33.5 Å². The van der Waals surface area contributed by atoms with Crippen LogP contribution in [0.4, 0.5) is 0 Å². The maximum Gasteiger partial charge on any atom is 0.166 e. The molecule has 1 rings (SSSR count). The molecule has 0 atom stereocenters. The van der Waals surface area contributed by atoms with Crippen molar-refractivity contribution in [2.75, 3.05) is 0 Å². The quantitative estimate of drug-likeness (QED) is 0.730. The average molecular weight is 231 g/mol. The Balaban J connectivity index is 2.74. The minimum atomic E-state index is 0.371. The third-order valence-electron chi connectivity index (χ3n) is 2.82. The van der Waals surface area contributed by atoms with Crippen LogP contribution in [-0.4, -0.2) is 20.2 Å². The van der Waals surface area contributed by atoms with Crippen molar-refractivity contribution in [2.45, 2.75) is 40.1 Å². The molecule has 0 spiro atoms. The number of tetrazole rings is 1. The monoisotopic (exact) mass is 230 g/mol. The maximum absolute atomic E-state index is 5.75. The Kier molecular flexibility index (Phi) is 4.51. The highest BCUT2D eigenvalue weighted by Crippen LogP contribution is 2.22. The van der Waals surface area contributed by atoms with Gasteiger partial charge in [-0.05, 0) is 28.2 Å². The Morgan fingerprint density at radius 1 is 1.20 bits per heavy atom. The van der Waals surface area contributed by atoms with Crippen LogP contribution in [0.25, 0.3) is 0 Å². The summed E-state index contributed by atoms with van der Waals surface area (Å²) in [6.07, 6.45) is 0. The molecule has 0 amide bonds. The average Bonchev–Trinajstić information content (AvgIpc) is 2.59. The molecule has 1 aromatic heterocycles. The Bertz CT molecular complexity index is 287. The fourth-order valence-electron chi connectivity index (χ4n) is 1.85. The van der Waals surface area contributed by atoms with Crippen molar-refractivity contribution < 1.29 is 0 Å². The minimum Gasteiger partial charge on any atom is -0.228 e. The molecule has 86 valence electrons. The predicted octanol–water partition coefficient (Wildman–Crippen LogP) is 2.34. The van der Waals surface area contributed by atoms with E-state index in [0.29, 0.717) is 23.6 Å². The van der Waals surface area contributed by atoms with E-state index < -0.39 is 0 Å². The van der Waals surface area contributed by atoms with Crippen LogP contribution in [0.15, 0.2) is 0 Å². The summed E-state index contributed by atoms with van der Waals surface area (Å²) in [5, 5.41) is 11.5. The van der Waals surface area contributed by atoms with Crippen LogP contribution in [-0.2, 0) is 12.4 Å². The van der Waals surface area contributed by atoms with Gasteiger partial charge in [0.05, 0.1) is 5.88 Å². The molecule has 4 nitrogen and oxygen atoms in total. The molecule has 0 saturated carbocycles. The number of nitrogens with zero attached hydrogens (tertiary/aromatic N) is 4. The smallest absolute Gasteiger partial charge is 0.166 e. The number of halogens is 1. The first kappa shape index (κ1) is 12.4. The lowest BCUT2D eigenvalue weighted by atomic mass is 9.85. The molecule has 0 unspecified atom stereocenters. The summed E-state index contributed by atoms with van der Waals surface area (Å²) < 4.78 is 1.82. The lowest BCUT2D eigenvalue weighted by molar-refractivity contribution is 0.239. The van der Waals surface area contributed by atoms with Crippen LogP contribution in [0.2, 0.25) is 0 Å². The van der Waals surface area contributed by atoms with E-state index in [-0.39, 0.29) is 0 Å². The van der Waals surface area contributed by atoms with Crippen LogP contribution >= 0.6 is 11.6 Å². The maximum atomic E-state index is 5.75. The molecule has 0 aromatic carbocycles. The second-order valence-corrected chi connectivity index (χ2v) is 4.83. The molecule has 5 heteroatoms. The summed E-state index contributed by atoms with van der Waals surface area (Å²) in [5.41, 5.74) is 0. The molecular weight excluding hydrogens is 212 g/mol. The second-order valence-electron chi connectivity index (χ2n) is 4.56. The molecule has 0 aliphatic carbocycles. The van der Waals surface area contributed by atoms with Gasteiger partial charge in [-0.3, -0.25) is 0 Å². The first-order valence-corrected chi connectivity index (χ1v) is 5.90. The Morgan fingerprint density at radius 3 is 2.27 bits per heavy atom. The Morgan fingerprint density at radius 2 is 1.80 bits per heavy atom. The van der Waals surface area contributed by atoms with Gasteiger partial charge in [0, 0.05) is 6.54 Å². The zero-order valence-corrected chi connectivity index (χ0v) is 10.6. The van der Waals surface area contributed by atoms with E-state index in [1.54, 1.807) is 0 Å². The number of hydrogen-bond acceptors (Lipinski definition) is 3. The molecule has 0 aliphatic rings. The van der Waals surface area contributed by atoms with Gasteiger partial charge in [0.25, 0.3) is 0 Å². The largest absolute Gasteiger partial charge is 0.228 e. The third-order valence-corrected chi connectivity index (χ3v) is 3.06. The van der Waals surface area contributed by atoms with Gasteiger partial charge in [0.15, 0.2) is 5.82 Å². The molecule has 0 fully saturated rings. The summed E-state index contributed by atoms with van der Waals surface area (Å²) in [6, 6.07) is 0. The fourth-order valence-corrected chi connectivity index (χ4v) is 2.04. The van der Waals surface area contributed by atoms with Crippen molar-refractivity contribution in [3.63, 3.8) is 0 Å². The number of aromatic nitrogens is 4. The van der Waals surface area contributed by atoms with Gasteiger partial charge >= 0.3 is 0 Å². The predicted molar refractivity (Wildman–Crippen MR) is 60.5 cm³/mol. The highest BCUT2D eigenvalue weighted by Gasteiger charge is 2.20. The van der Waals surface area contributed by atoms with Crippen LogP contribution in [0.5, 0.6) is 0 Å². The summed E-state index contributed by atoms with van der Waals surface area (Å²) in [4.78, 5) is 0. The molecule has 0 N–H and O–H groups in total. The van der Waals surface area contributed by atoms with E-state index in [2.05, 4.69) is 43.2 Å². The van der Waals surface area contributed by atoms with Crippen LogP contribution < -0.4 is 0 Å². The van der Waals surface area contributed by atoms with Gasteiger partial charge in [0.1, 0.15) is 0 Å². The van der Waals surface area contributed by atoms with E-state index >= 15 is 0 Å². The number of alkyl halides is 1. The summed E-state index contributed by atoms with van der Waals surface area (Å²) >= 11 is 5.75. The lowest BCUT2D eigenvalue weighted by Gasteiger charge is -2.24. The van der Waals surface area contributed by atoms with Gasteiger partial charge in [-0.2, -0.15) is 0 Å². The molecule has 0 saturated heterocycles.